The first kappa shape index (κ1) is 10.9. The molecule has 1 saturated heterocycles. The second-order valence-electron chi connectivity index (χ2n) is 4.00. The van der Waals surface area contributed by atoms with Crippen molar-refractivity contribution in [3.63, 3.8) is 0 Å². The lowest BCUT2D eigenvalue weighted by Gasteiger charge is -2.22. The summed E-state index contributed by atoms with van der Waals surface area (Å²) < 4.78 is 5.58. The number of ether oxygens (including phenoxy) is 1. The van der Waals surface area contributed by atoms with Gasteiger partial charge < -0.3 is 9.64 Å². The van der Waals surface area contributed by atoms with Crippen LogP contribution in [0.2, 0.25) is 0 Å². The van der Waals surface area contributed by atoms with Crippen molar-refractivity contribution in [1.29, 1.82) is 5.26 Å². The highest BCUT2D eigenvalue weighted by Gasteiger charge is 2.15. The molecule has 0 radical (unpaired) electrons. The molecule has 1 unspecified atom stereocenters. The zero-order valence-corrected chi connectivity index (χ0v) is 9.39. The van der Waals surface area contributed by atoms with Crippen molar-refractivity contribution < 1.29 is 4.74 Å². The predicted molar refractivity (Wildman–Crippen MR) is 61.2 cm³/mol. The number of pyridine rings is 1. The summed E-state index contributed by atoms with van der Waals surface area (Å²) in [5, 5.41) is 8.70. The molecule has 0 bridgehead atoms. The summed E-state index contributed by atoms with van der Waals surface area (Å²) >= 11 is 0. The van der Waals surface area contributed by atoms with Crippen LogP contribution in [0.25, 0.3) is 0 Å². The highest BCUT2D eigenvalue weighted by atomic mass is 16.5. The molecule has 1 aromatic heterocycles. The van der Waals surface area contributed by atoms with Gasteiger partial charge in [0.2, 0.25) is 0 Å². The number of hydrogen-bond donors (Lipinski definition) is 0. The molecule has 1 aliphatic rings. The molecule has 16 heavy (non-hydrogen) atoms. The average Bonchev–Trinajstić information content (AvgIpc) is 2.54. The Labute approximate surface area is 95.5 Å². The molecular weight excluding hydrogens is 202 g/mol. The zero-order chi connectivity index (χ0) is 11.4. The maximum Gasteiger partial charge on any atom is 0.128 e. The van der Waals surface area contributed by atoms with Gasteiger partial charge in [-0.1, -0.05) is 0 Å². The highest BCUT2D eigenvalue weighted by molar-refractivity contribution is 5.42. The van der Waals surface area contributed by atoms with Crippen molar-refractivity contribution in [3.8, 4) is 6.07 Å². The molecule has 2 heterocycles. The Balaban J connectivity index is 2.12. The number of nitriles is 1. The molecule has 4 heteroatoms. The molecule has 0 N–H and O–H groups in total. The van der Waals surface area contributed by atoms with Crippen LogP contribution in [0.5, 0.6) is 0 Å². The summed E-state index contributed by atoms with van der Waals surface area (Å²) in [6, 6.07) is 5.78. The molecule has 1 atom stereocenters. The van der Waals surface area contributed by atoms with Gasteiger partial charge in [-0.05, 0) is 25.5 Å². The van der Waals surface area contributed by atoms with Crippen molar-refractivity contribution >= 4 is 5.82 Å². The maximum absolute atomic E-state index is 8.70. The minimum Gasteiger partial charge on any atom is -0.377 e. The van der Waals surface area contributed by atoms with Crippen LogP contribution in [0, 0.1) is 11.3 Å². The summed E-state index contributed by atoms with van der Waals surface area (Å²) in [5.74, 6) is 0.927. The molecule has 84 valence electrons. The molecule has 1 fully saturated rings. The van der Waals surface area contributed by atoms with Crippen molar-refractivity contribution in [2.24, 2.45) is 0 Å². The lowest BCUT2D eigenvalue weighted by Crippen LogP contribution is -2.30. The Morgan fingerprint density at radius 3 is 3.12 bits per heavy atom. The first-order valence-electron chi connectivity index (χ1n) is 5.52. The van der Waals surface area contributed by atoms with Gasteiger partial charge in [-0.3, -0.25) is 0 Å². The molecule has 0 aliphatic carbocycles. The van der Waals surface area contributed by atoms with E-state index in [4.69, 9.17) is 10.00 Å². The van der Waals surface area contributed by atoms with E-state index in [2.05, 4.69) is 22.9 Å². The van der Waals surface area contributed by atoms with Crippen LogP contribution in [-0.2, 0) is 4.74 Å². The second kappa shape index (κ2) is 4.95. The third kappa shape index (κ3) is 2.50. The fourth-order valence-corrected chi connectivity index (χ4v) is 1.84. The fraction of sp³-hybridized carbons (Fsp3) is 0.500. The van der Waals surface area contributed by atoms with Crippen LogP contribution >= 0.6 is 0 Å². The number of hydrogen-bond acceptors (Lipinski definition) is 4. The molecule has 4 nitrogen and oxygen atoms in total. The van der Waals surface area contributed by atoms with Crippen LogP contribution in [0.1, 0.15) is 18.9 Å². The fourth-order valence-electron chi connectivity index (χ4n) is 1.84. The number of nitrogens with zero attached hydrogens (tertiary/aromatic N) is 3. The van der Waals surface area contributed by atoms with Crippen molar-refractivity contribution in [2.45, 2.75) is 19.4 Å². The van der Waals surface area contributed by atoms with Gasteiger partial charge in [-0.15, -0.1) is 0 Å². The maximum atomic E-state index is 8.70. The Morgan fingerprint density at radius 2 is 2.44 bits per heavy atom. The average molecular weight is 217 g/mol. The predicted octanol–water partition coefficient (Wildman–Crippen LogP) is 1.57. The zero-order valence-electron chi connectivity index (χ0n) is 9.39. The first-order valence-corrected chi connectivity index (χ1v) is 5.52. The topological polar surface area (TPSA) is 49.2 Å². The SMILES string of the molecule is CC1CN(c2ccc(C#N)cn2)CCCO1. The quantitative estimate of drug-likeness (QED) is 0.716. The van der Waals surface area contributed by atoms with Crippen LogP contribution in [0.3, 0.4) is 0 Å². The van der Waals surface area contributed by atoms with E-state index in [0.717, 1.165) is 31.9 Å². The summed E-state index contributed by atoms with van der Waals surface area (Å²) in [5.41, 5.74) is 0.600. The first-order chi connectivity index (χ1) is 7.79. The van der Waals surface area contributed by atoms with Gasteiger partial charge in [0, 0.05) is 25.9 Å². The van der Waals surface area contributed by atoms with Gasteiger partial charge in [0.1, 0.15) is 11.9 Å². The minimum absolute atomic E-state index is 0.236. The Morgan fingerprint density at radius 1 is 1.56 bits per heavy atom. The number of aromatic nitrogens is 1. The molecule has 0 aromatic carbocycles. The molecule has 0 amide bonds. The summed E-state index contributed by atoms with van der Waals surface area (Å²) in [6.45, 7) is 4.71. The lowest BCUT2D eigenvalue weighted by atomic mass is 10.3. The van der Waals surface area contributed by atoms with Gasteiger partial charge in [-0.25, -0.2) is 4.98 Å². The van der Waals surface area contributed by atoms with Gasteiger partial charge >= 0.3 is 0 Å². The molecule has 1 aromatic rings. The minimum atomic E-state index is 0.236. The molecule has 0 saturated carbocycles. The van der Waals surface area contributed by atoms with E-state index in [9.17, 15) is 0 Å². The standard InChI is InChI=1S/C12H15N3O/c1-10-9-15(5-2-6-16-10)12-4-3-11(7-13)8-14-12/h3-4,8,10H,2,5-6,9H2,1H3. The van der Waals surface area contributed by atoms with Gasteiger partial charge in [0.05, 0.1) is 11.7 Å². The normalized spacial score (nSPS) is 21.2. The molecule has 1 aliphatic heterocycles. The van der Waals surface area contributed by atoms with Crippen LogP contribution < -0.4 is 4.90 Å². The number of anilines is 1. The van der Waals surface area contributed by atoms with E-state index in [1.54, 1.807) is 12.3 Å². The summed E-state index contributed by atoms with van der Waals surface area (Å²) in [6.07, 6.45) is 2.87. The largest absolute Gasteiger partial charge is 0.377 e. The highest BCUT2D eigenvalue weighted by Crippen LogP contribution is 2.15. The summed E-state index contributed by atoms with van der Waals surface area (Å²) in [4.78, 5) is 6.50. The molecule has 2 rings (SSSR count). The van der Waals surface area contributed by atoms with E-state index in [1.807, 2.05) is 6.07 Å². The third-order valence-electron chi connectivity index (χ3n) is 2.65. The van der Waals surface area contributed by atoms with Crippen LogP contribution in [-0.4, -0.2) is 30.8 Å². The van der Waals surface area contributed by atoms with Gasteiger partial charge in [-0.2, -0.15) is 5.26 Å². The Kier molecular flexibility index (Phi) is 3.37. The van der Waals surface area contributed by atoms with E-state index in [-0.39, 0.29) is 6.10 Å². The van der Waals surface area contributed by atoms with Crippen molar-refractivity contribution in [2.75, 3.05) is 24.6 Å². The van der Waals surface area contributed by atoms with Crippen molar-refractivity contribution in [3.05, 3.63) is 23.9 Å². The van der Waals surface area contributed by atoms with Gasteiger partial charge in [0.15, 0.2) is 0 Å². The smallest absolute Gasteiger partial charge is 0.128 e. The summed E-state index contributed by atoms with van der Waals surface area (Å²) in [7, 11) is 0. The molecule has 0 spiro atoms. The van der Waals surface area contributed by atoms with Gasteiger partial charge in [0.25, 0.3) is 0 Å². The lowest BCUT2D eigenvalue weighted by molar-refractivity contribution is 0.0820. The Bertz CT molecular complexity index is 382. The Hall–Kier alpha value is -1.60. The second-order valence-corrected chi connectivity index (χ2v) is 4.00. The van der Waals surface area contributed by atoms with Crippen LogP contribution in [0.15, 0.2) is 18.3 Å². The monoisotopic (exact) mass is 217 g/mol. The third-order valence-corrected chi connectivity index (χ3v) is 2.65. The number of rotatable bonds is 1. The van der Waals surface area contributed by atoms with Crippen molar-refractivity contribution in [1.82, 2.24) is 4.98 Å². The van der Waals surface area contributed by atoms with E-state index in [1.165, 1.54) is 0 Å². The van der Waals surface area contributed by atoms with E-state index >= 15 is 0 Å². The van der Waals surface area contributed by atoms with E-state index < -0.39 is 0 Å². The van der Waals surface area contributed by atoms with E-state index in [0.29, 0.717) is 5.56 Å². The molecular formula is C12H15N3O. The van der Waals surface area contributed by atoms with Crippen LogP contribution in [0.4, 0.5) is 5.82 Å².